The standard InChI is InChI=1S/C9H12NO5P/c1-3-15-16(13,14)9-5-7(2)4-8(6-9)10(11)12/h4-6H,3H2,1-2H3,(H,13,14). The minimum atomic E-state index is -3.94. The number of nitro benzene ring substituents is 1. The molecular weight excluding hydrogens is 233 g/mol. The van der Waals surface area contributed by atoms with Crippen molar-refractivity contribution in [3.63, 3.8) is 0 Å². The Kier molecular flexibility index (Phi) is 3.80. The van der Waals surface area contributed by atoms with Crippen molar-refractivity contribution in [1.82, 2.24) is 0 Å². The number of rotatable bonds is 4. The van der Waals surface area contributed by atoms with E-state index in [2.05, 4.69) is 0 Å². The molecule has 0 heterocycles. The van der Waals surface area contributed by atoms with Crippen LogP contribution in [0.5, 0.6) is 0 Å². The van der Waals surface area contributed by atoms with Gasteiger partial charge in [0.15, 0.2) is 0 Å². The summed E-state index contributed by atoms with van der Waals surface area (Å²) in [5.74, 6) is 0. The van der Waals surface area contributed by atoms with Crippen LogP contribution >= 0.6 is 7.60 Å². The van der Waals surface area contributed by atoms with E-state index >= 15 is 0 Å². The van der Waals surface area contributed by atoms with E-state index in [9.17, 15) is 19.6 Å². The van der Waals surface area contributed by atoms with Gasteiger partial charge < -0.3 is 9.42 Å². The number of nitro groups is 1. The van der Waals surface area contributed by atoms with Gasteiger partial charge >= 0.3 is 7.60 Å². The van der Waals surface area contributed by atoms with E-state index in [1.165, 1.54) is 12.1 Å². The second kappa shape index (κ2) is 4.74. The van der Waals surface area contributed by atoms with Crippen LogP contribution in [0.15, 0.2) is 18.2 Å². The number of aryl methyl sites for hydroxylation is 1. The predicted octanol–water partition coefficient (Wildman–Crippen LogP) is 1.75. The van der Waals surface area contributed by atoms with Gasteiger partial charge in [0.25, 0.3) is 5.69 Å². The molecule has 1 aromatic carbocycles. The van der Waals surface area contributed by atoms with Gasteiger partial charge in [-0.3, -0.25) is 14.7 Å². The Morgan fingerprint density at radius 1 is 1.50 bits per heavy atom. The Balaban J connectivity index is 3.24. The van der Waals surface area contributed by atoms with Crippen LogP contribution in [0.3, 0.4) is 0 Å². The van der Waals surface area contributed by atoms with E-state index in [-0.39, 0.29) is 17.6 Å². The molecule has 6 nitrogen and oxygen atoms in total. The second-order valence-electron chi connectivity index (χ2n) is 3.22. The summed E-state index contributed by atoms with van der Waals surface area (Å²) in [5.41, 5.74) is 0.321. The van der Waals surface area contributed by atoms with Gasteiger partial charge in [-0.1, -0.05) is 0 Å². The Morgan fingerprint density at radius 3 is 2.62 bits per heavy atom. The zero-order chi connectivity index (χ0) is 12.3. The van der Waals surface area contributed by atoms with Crippen LogP contribution in [-0.4, -0.2) is 16.4 Å². The molecule has 16 heavy (non-hydrogen) atoms. The molecule has 1 atom stereocenters. The molecule has 0 saturated heterocycles. The first-order chi connectivity index (χ1) is 7.36. The van der Waals surface area contributed by atoms with E-state index in [1.807, 2.05) is 0 Å². The molecule has 0 radical (unpaired) electrons. The maximum Gasteiger partial charge on any atom is 0.359 e. The first kappa shape index (κ1) is 12.8. The van der Waals surface area contributed by atoms with E-state index in [1.54, 1.807) is 13.8 Å². The highest BCUT2D eigenvalue weighted by Gasteiger charge is 2.24. The zero-order valence-electron chi connectivity index (χ0n) is 8.91. The lowest BCUT2D eigenvalue weighted by atomic mass is 10.2. The SMILES string of the molecule is CCOP(=O)(O)c1cc(C)cc([N+](=O)[O-])c1. The lowest BCUT2D eigenvalue weighted by Crippen LogP contribution is -2.09. The third kappa shape index (κ3) is 2.88. The first-order valence-electron chi connectivity index (χ1n) is 4.61. The molecule has 0 saturated carbocycles. The van der Waals surface area contributed by atoms with E-state index in [0.717, 1.165) is 6.07 Å². The van der Waals surface area contributed by atoms with Gasteiger partial charge in [-0.05, 0) is 25.5 Å². The summed E-state index contributed by atoms with van der Waals surface area (Å²) in [6.45, 7) is 3.26. The fraction of sp³-hybridized carbons (Fsp3) is 0.333. The van der Waals surface area contributed by atoms with Crippen molar-refractivity contribution in [3.8, 4) is 0 Å². The summed E-state index contributed by atoms with van der Waals surface area (Å²) in [5, 5.41) is 10.5. The zero-order valence-corrected chi connectivity index (χ0v) is 9.81. The lowest BCUT2D eigenvalue weighted by Gasteiger charge is -2.11. The highest BCUT2D eigenvalue weighted by atomic mass is 31.2. The van der Waals surface area contributed by atoms with Crippen molar-refractivity contribution in [1.29, 1.82) is 0 Å². The van der Waals surface area contributed by atoms with Gasteiger partial charge in [0.2, 0.25) is 0 Å². The van der Waals surface area contributed by atoms with Crippen molar-refractivity contribution in [2.75, 3.05) is 6.61 Å². The molecular formula is C9H12NO5P. The molecule has 0 aliphatic heterocycles. The van der Waals surface area contributed by atoms with Gasteiger partial charge in [0, 0.05) is 12.1 Å². The monoisotopic (exact) mass is 245 g/mol. The minimum Gasteiger partial charge on any atom is -0.321 e. The highest BCUT2D eigenvalue weighted by molar-refractivity contribution is 7.61. The van der Waals surface area contributed by atoms with E-state index in [4.69, 9.17) is 4.52 Å². The molecule has 0 bridgehead atoms. The summed E-state index contributed by atoms with van der Waals surface area (Å²) in [7, 11) is -3.94. The van der Waals surface area contributed by atoms with Crippen molar-refractivity contribution < 1.29 is 18.9 Å². The van der Waals surface area contributed by atoms with Crippen LogP contribution < -0.4 is 5.30 Å². The fourth-order valence-corrected chi connectivity index (χ4v) is 2.42. The summed E-state index contributed by atoms with van der Waals surface area (Å²) in [4.78, 5) is 19.5. The van der Waals surface area contributed by atoms with Crippen molar-refractivity contribution in [3.05, 3.63) is 33.9 Å². The Hall–Kier alpha value is -1.23. The molecule has 7 heteroatoms. The number of hydrogen-bond acceptors (Lipinski definition) is 4. The summed E-state index contributed by atoms with van der Waals surface area (Å²) >= 11 is 0. The van der Waals surface area contributed by atoms with Crippen LogP contribution in [0.4, 0.5) is 5.69 Å². The second-order valence-corrected chi connectivity index (χ2v) is 5.04. The largest absolute Gasteiger partial charge is 0.359 e. The molecule has 1 rings (SSSR count). The quantitative estimate of drug-likeness (QED) is 0.495. The van der Waals surface area contributed by atoms with Gasteiger partial charge in [-0.2, -0.15) is 0 Å². The summed E-state index contributed by atoms with van der Waals surface area (Å²) in [6, 6.07) is 3.79. The maximum atomic E-state index is 11.7. The van der Waals surface area contributed by atoms with Crippen molar-refractivity contribution in [2.24, 2.45) is 0 Å². The third-order valence-corrected chi connectivity index (χ3v) is 3.41. The normalized spacial score (nSPS) is 14.4. The van der Waals surface area contributed by atoms with Crippen LogP contribution in [0.1, 0.15) is 12.5 Å². The molecule has 88 valence electrons. The minimum absolute atomic E-state index is 0.0546. The Morgan fingerprint density at radius 2 is 2.12 bits per heavy atom. The molecule has 1 aromatic rings. The topological polar surface area (TPSA) is 89.7 Å². The first-order valence-corrected chi connectivity index (χ1v) is 6.18. The average Bonchev–Trinajstić information content (AvgIpc) is 2.16. The maximum absolute atomic E-state index is 11.7. The van der Waals surface area contributed by atoms with Crippen LogP contribution in [0.25, 0.3) is 0 Å². The van der Waals surface area contributed by atoms with Crippen LogP contribution in [0.2, 0.25) is 0 Å². The molecule has 0 amide bonds. The number of benzene rings is 1. The molecule has 0 fully saturated rings. The van der Waals surface area contributed by atoms with Crippen LogP contribution in [0, 0.1) is 17.0 Å². The predicted molar refractivity (Wildman–Crippen MR) is 58.9 cm³/mol. The summed E-state index contributed by atoms with van der Waals surface area (Å²) in [6.07, 6.45) is 0. The number of nitrogens with zero attached hydrogens (tertiary/aromatic N) is 1. The van der Waals surface area contributed by atoms with Gasteiger partial charge in [0.1, 0.15) is 0 Å². The Bertz CT molecular complexity index is 459. The lowest BCUT2D eigenvalue weighted by molar-refractivity contribution is -0.384. The smallest absolute Gasteiger partial charge is 0.321 e. The van der Waals surface area contributed by atoms with Crippen LogP contribution in [-0.2, 0) is 9.09 Å². The molecule has 0 spiro atoms. The van der Waals surface area contributed by atoms with Crippen molar-refractivity contribution in [2.45, 2.75) is 13.8 Å². The molecule has 1 N–H and O–H groups in total. The molecule has 1 unspecified atom stereocenters. The van der Waals surface area contributed by atoms with E-state index < -0.39 is 12.5 Å². The molecule has 0 aromatic heterocycles. The number of non-ortho nitro benzene ring substituents is 1. The average molecular weight is 245 g/mol. The fourth-order valence-electron chi connectivity index (χ4n) is 1.26. The van der Waals surface area contributed by atoms with Crippen molar-refractivity contribution >= 4 is 18.6 Å². The highest BCUT2D eigenvalue weighted by Crippen LogP contribution is 2.41. The Labute approximate surface area is 92.5 Å². The summed E-state index contributed by atoms with van der Waals surface area (Å²) < 4.78 is 16.3. The number of hydrogen-bond donors (Lipinski definition) is 1. The van der Waals surface area contributed by atoms with Gasteiger partial charge in [0.05, 0.1) is 16.8 Å². The molecule has 0 aliphatic rings. The van der Waals surface area contributed by atoms with Gasteiger partial charge in [-0.25, -0.2) is 0 Å². The van der Waals surface area contributed by atoms with Gasteiger partial charge in [-0.15, -0.1) is 0 Å². The molecule has 0 aliphatic carbocycles. The van der Waals surface area contributed by atoms with E-state index in [0.29, 0.717) is 5.56 Å². The third-order valence-electron chi connectivity index (χ3n) is 1.89.